The Bertz CT molecular complexity index is 502. The fourth-order valence-electron chi connectivity index (χ4n) is 1.58. The Morgan fingerprint density at radius 1 is 1.32 bits per heavy atom. The highest BCUT2D eigenvalue weighted by Gasteiger charge is 2.25. The summed E-state index contributed by atoms with van der Waals surface area (Å²) in [5, 5.41) is 0. The number of methoxy groups -OCH3 is 1. The first-order chi connectivity index (χ1) is 8.98. The number of rotatable bonds is 8. The fourth-order valence-corrected chi connectivity index (χ4v) is 3.05. The average Bonchev–Trinajstić information content (AvgIpc) is 2.38. The molecule has 19 heavy (non-hydrogen) atoms. The van der Waals surface area contributed by atoms with Gasteiger partial charge in [-0.05, 0) is 18.6 Å². The highest BCUT2D eigenvalue weighted by atomic mass is 32.2. The summed E-state index contributed by atoms with van der Waals surface area (Å²) < 4.78 is 30.6. The number of hydrogen-bond donors (Lipinski definition) is 1. The lowest BCUT2D eigenvalue weighted by atomic mass is 10.4. The lowest BCUT2D eigenvalue weighted by molar-refractivity contribution is -0.118. The molecule has 0 aromatic heterocycles. The van der Waals surface area contributed by atoms with Crippen LogP contribution < -0.4 is 5.73 Å². The summed E-state index contributed by atoms with van der Waals surface area (Å²) in [7, 11) is -2.17. The van der Waals surface area contributed by atoms with E-state index in [1.54, 1.807) is 18.2 Å². The van der Waals surface area contributed by atoms with Gasteiger partial charge < -0.3 is 10.5 Å². The third-order valence-electron chi connectivity index (χ3n) is 2.47. The Kier molecular flexibility index (Phi) is 5.94. The van der Waals surface area contributed by atoms with Gasteiger partial charge in [-0.25, -0.2) is 8.42 Å². The molecule has 0 saturated carbocycles. The third kappa shape index (κ3) is 4.62. The van der Waals surface area contributed by atoms with Crippen molar-refractivity contribution in [2.75, 3.05) is 26.8 Å². The Hall–Kier alpha value is -1.44. The summed E-state index contributed by atoms with van der Waals surface area (Å²) >= 11 is 0. The zero-order valence-corrected chi connectivity index (χ0v) is 11.6. The van der Waals surface area contributed by atoms with E-state index in [1.807, 2.05) is 0 Å². The number of carbonyl (C=O) groups excluding carboxylic acids is 1. The molecular formula is C12H18N2O4S. The summed E-state index contributed by atoms with van der Waals surface area (Å²) in [6.07, 6.45) is 0.496. The van der Waals surface area contributed by atoms with E-state index in [2.05, 4.69) is 0 Å². The Labute approximate surface area is 113 Å². The molecule has 2 N–H and O–H groups in total. The van der Waals surface area contributed by atoms with Crippen molar-refractivity contribution in [3.63, 3.8) is 0 Å². The summed E-state index contributed by atoms with van der Waals surface area (Å²) in [4.78, 5) is 11.2. The third-order valence-corrected chi connectivity index (χ3v) is 4.33. The van der Waals surface area contributed by atoms with E-state index < -0.39 is 15.9 Å². The minimum absolute atomic E-state index is 0.147. The zero-order valence-electron chi connectivity index (χ0n) is 10.8. The van der Waals surface area contributed by atoms with E-state index in [0.29, 0.717) is 13.0 Å². The van der Waals surface area contributed by atoms with Gasteiger partial charge in [0.05, 0.1) is 11.4 Å². The van der Waals surface area contributed by atoms with Crippen LogP contribution in [-0.2, 0) is 19.6 Å². The Morgan fingerprint density at radius 2 is 1.95 bits per heavy atom. The number of amides is 1. The van der Waals surface area contributed by atoms with Gasteiger partial charge in [-0.2, -0.15) is 4.31 Å². The van der Waals surface area contributed by atoms with Gasteiger partial charge in [0.15, 0.2) is 0 Å². The second-order valence-electron chi connectivity index (χ2n) is 3.96. The highest BCUT2D eigenvalue weighted by Crippen LogP contribution is 2.15. The van der Waals surface area contributed by atoms with Crippen molar-refractivity contribution in [3.05, 3.63) is 30.3 Å². The molecule has 1 rings (SSSR count). The number of primary amides is 1. The molecule has 1 aromatic carbocycles. The maximum atomic E-state index is 12.3. The number of nitrogens with two attached hydrogens (primary N) is 1. The molecule has 0 fully saturated rings. The van der Waals surface area contributed by atoms with Gasteiger partial charge in [0, 0.05) is 20.3 Å². The molecule has 0 bridgehead atoms. The van der Waals surface area contributed by atoms with Crippen LogP contribution in [0.5, 0.6) is 0 Å². The van der Waals surface area contributed by atoms with Gasteiger partial charge in [-0.15, -0.1) is 0 Å². The first-order valence-corrected chi connectivity index (χ1v) is 7.25. The largest absolute Gasteiger partial charge is 0.385 e. The molecule has 0 spiro atoms. The first-order valence-electron chi connectivity index (χ1n) is 5.81. The first kappa shape index (κ1) is 15.6. The Morgan fingerprint density at radius 3 is 2.47 bits per heavy atom. The monoisotopic (exact) mass is 286 g/mol. The Balaban J connectivity index is 2.92. The molecule has 1 aromatic rings. The van der Waals surface area contributed by atoms with Crippen LogP contribution in [-0.4, -0.2) is 45.4 Å². The maximum Gasteiger partial charge on any atom is 0.243 e. The minimum Gasteiger partial charge on any atom is -0.385 e. The molecule has 7 heteroatoms. The molecule has 0 aliphatic heterocycles. The molecule has 106 valence electrons. The molecule has 0 heterocycles. The van der Waals surface area contributed by atoms with Crippen molar-refractivity contribution in [2.45, 2.75) is 11.3 Å². The fraction of sp³-hybridized carbons (Fsp3) is 0.417. The molecule has 0 unspecified atom stereocenters. The van der Waals surface area contributed by atoms with Gasteiger partial charge in [0.1, 0.15) is 0 Å². The van der Waals surface area contributed by atoms with Crippen molar-refractivity contribution in [2.24, 2.45) is 5.73 Å². The van der Waals surface area contributed by atoms with Gasteiger partial charge in [-0.3, -0.25) is 4.79 Å². The van der Waals surface area contributed by atoms with Gasteiger partial charge in [-0.1, -0.05) is 18.2 Å². The van der Waals surface area contributed by atoms with E-state index in [-0.39, 0.29) is 18.0 Å². The van der Waals surface area contributed by atoms with E-state index in [4.69, 9.17) is 10.5 Å². The highest BCUT2D eigenvalue weighted by molar-refractivity contribution is 7.89. The summed E-state index contributed by atoms with van der Waals surface area (Å²) in [6.45, 7) is 0.272. The topological polar surface area (TPSA) is 89.7 Å². The number of benzene rings is 1. The average molecular weight is 286 g/mol. The molecule has 0 aliphatic rings. The predicted molar refractivity (Wildman–Crippen MR) is 70.9 cm³/mol. The van der Waals surface area contributed by atoms with Crippen LogP contribution in [0.15, 0.2) is 35.2 Å². The van der Waals surface area contributed by atoms with Crippen molar-refractivity contribution in [3.8, 4) is 0 Å². The second kappa shape index (κ2) is 7.22. The van der Waals surface area contributed by atoms with Crippen molar-refractivity contribution in [1.82, 2.24) is 4.31 Å². The van der Waals surface area contributed by atoms with Crippen molar-refractivity contribution < 1.29 is 17.9 Å². The molecule has 1 amide bonds. The van der Waals surface area contributed by atoms with E-state index in [9.17, 15) is 13.2 Å². The standard InChI is InChI=1S/C12H18N2O4S/c1-18-9-5-8-14(10-12(13)15)19(16,17)11-6-3-2-4-7-11/h2-4,6-7H,5,8-10H2,1H3,(H2,13,15). The number of sulfonamides is 1. The van der Waals surface area contributed by atoms with Gasteiger partial charge in [0.2, 0.25) is 15.9 Å². The van der Waals surface area contributed by atoms with Gasteiger partial charge in [0.25, 0.3) is 0 Å². The minimum atomic E-state index is -3.70. The molecule has 0 aliphatic carbocycles. The lowest BCUT2D eigenvalue weighted by Gasteiger charge is -2.20. The van der Waals surface area contributed by atoms with Crippen LogP contribution in [0.3, 0.4) is 0 Å². The molecule has 0 atom stereocenters. The van der Waals surface area contributed by atoms with Crippen LogP contribution in [0.4, 0.5) is 0 Å². The smallest absolute Gasteiger partial charge is 0.243 e. The number of hydrogen-bond acceptors (Lipinski definition) is 4. The number of ether oxygens (including phenoxy) is 1. The lowest BCUT2D eigenvalue weighted by Crippen LogP contribution is -2.39. The van der Waals surface area contributed by atoms with E-state index in [0.717, 1.165) is 4.31 Å². The SMILES string of the molecule is COCCCN(CC(N)=O)S(=O)(=O)c1ccccc1. The normalized spacial score (nSPS) is 11.7. The van der Waals surface area contributed by atoms with Crippen molar-refractivity contribution >= 4 is 15.9 Å². The number of carbonyl (C=O) groups is 1. The predicted octanol–water partition coefficient (Wildman–Crippen LogP) is 0.199. The molecular weight excluding hydrogens is 268 g/mol. The van der Waals surface area contributed by atoms with E-state index >= 15 is 0 Å². The van der Waals surface area contributed by atoms with Crippen LogP contribution in [0.2, 0.25) is 0 Å². The quantitative estimate of drug-likeness (QED) is 0.691. The molecule has 0 radical (unpaired) electrons. The van der Waals surface area contributed by atoms with Crippen LogP contribution in [0.25, 0.3) is 0 Å². The summed E-state index contributed by atoms with van der Waals surface area (Å²) in [5.74, 6) is -0.683. The molecule has 0 saturated heterocycles. The summed E-state index contributed by atoms with van der Waals surface area (Å²) in [5.41, 5.74) is 5.10. The van der Waals surface area contributed by atoms with Crippen LogP contribution >= 0.6 is 0 Å². The van der Waals surface area contributed by atoms with Crippen LogP contribution in [0, 0.1) is 0 Å². The molecule has 6 nitrogen and oxygen atoms in total. The summed E-state index contributed by atoms with van der Waals surface area (Å²) in [6, 6.07) is 7.95. The van der Waals surface area contributed by atoms with Gasteiger partial charge >= 0.3 is 0 Å². The maximum absolute atomic E-state index is 12.3. The van der Waals surface area contributed by atoms with E-state index in [1.165, 1.54) is 19.2 Å². The van der Waals surface area contributed by atoms with Crippen molar-refractivity contribution in [1.29, 1.82) is 0 Å². The van der Waals surface area contributed by atoms with Crippen LogP contribution in [0.1, 0.15) is 6.42 Å². The zero-order chi connectivity index (χ0) is 14.3. The second-order valence-corrected chi connectivity index (χ2v) is 5.90. The number of nitrogens with zero attached hydrogens (tertiary/aromatic N) is 1.